The average Bonchev–Trinajstić information content (AvgIpc) is 2.65. The Morgan fingerprint density at radius 3 is 2.04 bits per heavy atom. The molecule has 0 aromatic heterocycles. The molecule has 1 aromatic carbocycles. The smallest absolute Gasteiger partial charge is 0.160 e. The second-order valence-corrected chi connectivity index (χ2v) is 5.84. The average molecular weight is 350 g/mol. The summed E-state index contributed by atoms with van der Waals surface area (Å²) in [4.78, 5) is 0. The third-order valence-electron chi connectivity index (χ3n) is 4.46. The van der Waals surface area contributed by atoms with Crippen molar-refractivity contribution >= 4 is 0 Å². The van der Waals surface area contributed by atoms with Gasteiger partial charge in [-0.15, -0.1) is 0 Å². The molecule has 0 bridgehead atoms. The second-order valence-electron chi connectivity index (χ2n) is 5.84. The maximum atomic E-state index is 9.93. The van der Waals surface area contributed by atoms with E-state index in [4.69, 9.17) is 23.7 Å². The van der Waals surface area contributed by atoms with Gasteiger partial charge in [-0.1, -0.05) is 6.07 Å². The number of benzene rings is 1. The summed E-state index contributed by atoms with van der Waals surface area (Å²) in [6.45, 7) is 0. The molecular formula is C19H26O6. The highest BCUT2D eigenvalue weighted by Crippen LogP contribution is 2.42. The van der Waals surface area contributed by atoms with E-state index in [9.17, 15) is 5.11 Å². The molecule has 0 fully saturated rings. The molecule has 2 rings (SSSR count). The SMILES string of the molecule is COC1=CC(CC(OC)OC)(c2ccc(O)c(OC)c2)C=C(OC)C1. The molecule has 25 heavy (non-hydrogen) atoms. The van der Waals surface area contributed by atoms with Crippen molar-refractivity contribution in [2.75, 3.05) is 35.5 Å². The standard InChI is InChI=1S/C19H26O6/c1-21-14-9-15(22-2)11-19(10-14,12-18(24-4)25-5)13-6-7-16(20)17(8-13)23-3/h6-8,10-11,18,20H,9,12H2,1-5H3. The van der Waals surface area contributed by atoms with Gasteiger partial charge in [0.1, 0.15) is 11.5 Å². The highest BCUT2D eigenvalue weighted by molar-refractivity contribution is 5.49. The zero-order valence-corrected chi connectivity index (χ0v) is 15.4. The van der Waals surface area contributed by atoms with Crippen LogP contribution in [0.15, 0.2) is 41.9 Å². The summed E-state index contributed by atoms with van der Waals surface area (Å²) in [5.41, 5.74) is 0.317. The molecule has 6 heteroatoms. The Morgan fingerprint density at radius 2 is 1.56 bits per heavy atom. The fraction of sp³-hybridized carbons (Fsp3) is 0.474. The molecule has 0 radical (unpaired) electrons. The van der Waals surface area contributed by atoms with Crippen LogP contribution in [0.4, 0.5) is 0 Å². The quantitative estimate of drug-likeness (QED) is 0.727. The summed E-state index contributed by atoms with van der Waals surface area (Å²) < 4.78 is 27.1. The lowest BCUT2D eigenvalue weighted by Gasteiger charge is -2.35. The van der Waals surface area contributed by atoms with Gasteiger partial charge in [-0.25, -0.2) is 0 Å². The first-order valence-electron chi connectivity index (χ1n) is 7.96. The molecule has 1 aliphatic rings. The molecule has 0 atom stereocenters. The lowest BCUT2D eigenvalue weighted by atomic mass is 9.73. The van der Waals surface area contributed by atoms with Crippen molar-refractivity contribution < 1.29 is 28.8 Å². The van der Waals surface area contributed by atoms with Crippen LogP contribution in [0.3, 0.4) is 0 Å². The molecule has 0 unspecified atom stereocenters. The monoisotopic (exact) mass is 350 g/mol. The van der Waals surface area contributed by atoms with E-state index >= 15 is 0 Å². The van der Waals surface area contributed by atoms with Crippen molar-refractivity contribution in [1.82, 2.24) is 0 Å². The van der Waals surface area contributed by atoms with Gasteiger partial charge in [-0.2, -0.15) is 0 Å². The van der Waals surface area contributed by atoms with Gasteiger partial charge in [0.05, 0.1) is 27.8 Å². The maximum absolute atomic E-state index is 9.93. The van der Waals surface area contributed by atoms with Crippen LogP contribution in [-0.4, -0.2) is 46.9 Å². The van der Waals surface area contributed by atoms with Crippen LogP contribution in [0.25, 0.3) is 0 Å². The third kappa shape index (κ3) is 4.08. The first-order chi connectivity index (χ1) is 12.0. The number of rotatable bonds is 8. The number of hydrogen-bond donors (Lipinski definition) is 1. The zero-order chi connectivity index (χ0) is 18.4. The molecule has 0 saturated carbocycles. The van der Waals surface area contributed by atoms with E-state index < -0.39 is 11.7 Å². The summed E-state index contributed by atoms with van der Waals surface area (Å²) in [6, 6.07) is 5.26. The number of phenolic OH excluding ortho intramolecular Hbond substituents is 1. The van der Waals surface area contributed by atoms with Crippen LogP contribution in [0.5, 0.6) is 11.5 Å². The van der Waals surface area contributed by atoms with Crippen LogP contribution >= 0.6 is 0 Å². The van der Waals surface area contributed by atoms with Gasteiger partial charge < -0.3 is 28.8 Å². The lowest BCUT2D eigenvalue weighted by molar-refractivity contribution is -0.112. The highest BCUT2D eigenvalue weighted by atomic mass is 16.7. The van der Waals surface area contributed by atoms with Crippen LogP contribution in [-0.2, 0) is 24.4 Å². The van der Waals surface area contributed by atoms with E-state index in [0.717, 1.165) is 17.1 Å². The molecule has 0 aliphatic heterocycles. The van der Waals surface area contributed by atoms with Gasteiger partial charge in [0.2, 0.25) is 0 Å². The molecule has 1 aromatic rings. The number of phenols is 1. The number of hydrogen-bond acceptors (Lipinski definition) is 6. The van der Waals surface area contributed by atoms with Crippen LogP contribution in [0, 0.1) is 0 Å². The van der Waals surface area contributed by atoms with Crippen molar-refractivity contribution in [2.45, 2.75) is 24.5 Å². The molecule has 0 saturated heterocycles. The first-order valence-corrected chi connectivity index (χ1v) is 7.96. The second kappa shape index (κ2) is 8.27. The van der Waals surface area contributed by atoms with Gasteiger partial charge >= 0.3 is 0 Å². The largest absolute Gasteiger partial charge is 0.504 e. The van der Waals surface area contributed by atoms with Gasteiger partial charge in [0.15, 0.2) is 17.8 Å². The lowest BCUT2D eigenvalue weighted by Crippen LogP contribution is -2.32. The third-order valence-corrected chi connectivity index (χ3v) is 4.46. The molecule has 0 spiro atoms. The molecule has 0 amide bonds. The summed E-state index contributed by atoms with van der Waals surface area (Å²) in [5, 5.41) is 9.93. The first kappa shape index (κ1) is 19.1. The van der Waals surface area contributed by atoms with E-state index in [1.807, 2.05) is 18.2 Å². The van der Waals surface area contributed by atoms with Gasteiger partial charge in [-0.3, -0.25) is 0 Å². The molecule has 138 valence electrons. The molecule has 0 heterocycles. The fourth-order valence-electron chi connectivity index (χ4n) is 3.06. The van der Waals surface area contributed by atoms with Gasteiger partial charge in [0, 0.05) is 26.1 Å². The van der Waals surface area contributed by atoms with Crippen LogP contribution in [0.2, 0.25) is 0 Å². The molecule has 1 aliphatic carbocycles. The van der Waals surface area contributed by atoms with Crippen molar-refractivity contribution in [1.29, 1.82) is 0 Å². The predicted molar refractivity (Wildman–Crippen MR) is 93.6 cm³/mol. The fourth-order valence-corrected chi connectivity index (χ4v) is 3.06. The molecular weight excluding hydrogens is 324 g/mol. The van der Waals surface area contributed by atoms with Crippen LogP contribution in [0.1, 0.15) is 18.4 Å². The minimum Gasteiger partial charge on any atom is -0.504 e. The number of ether oxygens (including phenoxy) is 5. The van der Waals surface area contributed by atoms with E-state index in [1.165, 1.54) is 7.11 Å². The number of allylic oxidation sites excluding steroid dienone is 2. The van der Waals surface area contributed by atoms with E-state index in [-0.39, 0.29) is 5.75 Å². The Bertz CT molecular complexity index is 625. The number of aromatic hydroxyl groups is 1. The predicted octanol–water partition coefficient (Wildman–Crippen LogP) is 3.11. The Balaban J connectivity index is 2.61. The van der Waals surface area contributed by atoms with Crippen molar-refractivity contribution in [3.63, 3.8) is 0 Å². The Kier molecular flexibility index (Phi) is 6.33. The normalized spacial score (nSPS) is 16.2. The zero-order valence-electron chi connectivity index (χ0n) is 15.4. The highest BCUT2D eigenvalue weighted by Gasteiger charge is 2.36. The van der Waals surface area contributed by atoms with E-state index in [0.29, 0.717) is 18.6 Å². The van der Waals surface area contributed by atoms with Crippen molar-refractivity contribution in [3.05, 3.63) is 47.4 Å². The Morgan fingerprint density at radius 1 is 0.960 bits per heavy atom. The maximum Gasteiger partial charge on any atom is 0.160 e. The van der Waals surface area contributed by atoms with Crippen molar-refractivity contribution in [3.8, 4) is 11.5 Å². The van der Waals surface area contributed by atoms with Gasteiger partial charge in [-0.05, 0) is 29.8 Å². The van der Waals surface area contributed by atoms with Crippen molar-refractivity contribution in [2.24, 2.45) is 0 Å². The Hall–Kier alpha value is -2.18. The summed E-state index contributed by atoms with van der Waals surface area (Å²) in [5.74, 6) is 2.06. The summed E-state index contributed by atoms with van der Waals surface area (Å²) >= 11 is 0. The Labute approximate surface area is 148 Å². The van der Waals surface area contributed by atoms with Gasteiger partial charge in [0.25, 0.3) is 0 Å². The van der Waals surface area contributed by atoms with E-state index in [2.05, 4.69) is 0 Å². The topological polar surface area (TPSA) is 66.4 Å². The summed E-state index contributed by atoms with van der Waals surface area (Å²) in [6.07, 6.45) is 4.72. The summed E-state index contributed by atoms with van der Waals surface area (Å²) in [7, 11) is 7.99. The molecule has 6 nitrogen and oxygen atoms in total. The minimum atomic E-state index is -0.591. The van der Waals surface area contributed by atoms with E-state index in [1.54, 1.807) is 40.6 Å². The number of methoxy groups -OCH3 is 5. The minimum absolute atomic E-state index is 0.0825. The molecule has 1 N–H and O–H groups in total. The van der Waals surface area contributed by atoms with Crippen LogP contribution < -0.4 is 4.74 Å².